The zero-order valence-electron chi connectivity index (χ0n) is 13.6. The molecule has 1 fully saturated rings. The summed E-state index contributed by atoms with van der Waals surface area (Å²) in [5.74, 6) is -1.55. The van der Waals surface area contributed by atoms with E-state index in [9.17, 15) is 9.59 Å². The molecule has 1 aliphatic rings. The smallest absolute Gasteiger partial charge is 0.329 e. The number of hydrogen-bond acceptors (Lipinski definition) is 5. The van der Waals surface area contributed by atoms with Gasteiger partial charge in [-0.15, -0.1) is 0 Å². The maximum atomic E-state index is 11.7. The van der Waals surface area contributed by atoms with Crippen LogP contribution in [0.25, 0.3) is 0 Å². The largest absolute Gasteiger partial charge is 0.379 e. The molecule has 0 spiro atoms. The zero-order chi connectivity index (χ0) is 18.1. The van der Waals surface area contributed by atoms with Gasteiger partial charge in [-0.1, -0.05) is 29.3 Å². The number of benzene rings is 1. The molecule has 0 bridgehead atoms. The lowest BCUT2D eigenvalue weighted by Crippen LogP contribution is -2.40. The fourth-order valence-electron chi connectivity index (χ4n) is 2.23. The highest BCUT2D eigenvalue weighted by molar-refractivity contribution is 6.36. The van der Waals surface area contributed by atoms with Gasteiger partial charge in [0, 0.05) is 30.2 Å². The van der Waals surface area contributed by atoms with Crippen LogP contribution in [0.5, 0.6) is 0 Å². The third kappa shape index (κ3) is 6.99. The number of morpholine rings is 1. The first-order valence-corrected chi connectivity index (χ1v) is 8.68. The monoisotopic (exact) mass is 386 g/mol. The Balaban J connectivity index is 1.65. The summed E-state index contributed by atoms with van der Waals surface area (Å²) in [6.07, 6.45) is 2.12. The van der Waals surface area contributed by atoms with Crippen LogP contribution in [0.3, 0.4) is 0 Å². The van der Waals surface area contributed by atoms with Gasteiger partial charge in [0.1, 0.15) is 0 Å². The van der Waals surface area contributed by atoms with Crippen molar-refractivity contribution in [2.75, 3.05) is 39.4 Å². The summed E-state index contributed by atoms with van der Waals surface area (Å²) < 4.78 is 5.27. The van der Waals surface area contributed by atoms with Crippen LogP contribution < -0.4 is 10.7 Å². The van der Waals surface area contributed by atoms with Gasteiger partial charge in [0.05, 0.1) is 24.5 Å². The quantitative estimate of drug-likeness (QED) is 0.334. The number of ether oxygens (including phenoxy) is 1. The second-order valence-corrected chi connectivity index (χ2v) is 6.27. The molecule has 0 aromatic heterocycles. The van der Waals surface area contributed by atoms with E-state index in [2.05, 4.69) is 20.7 Å². The molecule has 2 amide bonds. The fraction of sp³-hybridized carbons (Fsp3) is 0.438. The lowest BCUT2D eigenvalue weighted by atomic mass is 10.2. The van der Waals surface area contributed by atoms with E-state index in [0.717, 1.165) is 39.3 Å². The molecule has 7 nitrogen and oxygen atoms in total. The maximum Gasteiger partial charge on any atom is 0.329 e. The minimum absolute atomic E-state index is 0.401. The predicted molar refractivity (Wildman–Crippen MR) is 97.1 cm³/mol. The standard InChI is InChI=1S/C16H20Cl2N4O3/c17-13-3-2-12(14(18)10-13)11-20-21-16(24)15(23)19-4-1-5-22-6-8-25-9-7-22/h2-3,10-11H,1,4-9H2,(H,19,23)(H,21,24)/b20-11-. The van der Waals surface area contributed by atoms with E-state index in [1.54, 1.807) is 18.2 Å². The number of hydrazone groups is 1. The molecular formula is C16H20Cl2N4O3. The van der Waals surface area contributed by atoms with E-state index in [-0.39, 0.29) is 0 Å². The molecule has 0 unspecified atom stereocenters. The molecule has 0 atom stereocenters. The third-order valence-electron chi connectivity index (χ3n) is 3.58. The van der Waals surface area contributed by atoms with Crippen molar-refractivity contribution in [3.05, 3.63) is 33.8 Å². The molecule has 0 saturated carbocycles. The van der Waals surface area contributed by atoms with Gasteiger partial charge >= 0.3 is 11.8 Å². The summed E-state index contributed by atoms with van der Waals surface area (Å²) >= 11 is 11.8. The SMILES string of the molecule is O=C(NCCCN1CCOCC1)C(=O)N/N=C\c1ccc(Cl)cc1Cl. The van der Waals surface area contributed by atoms with E-state index < -0.39 is 11.8 Å². The van der Waals surface area contributed by atoms with Crippen molar-refractivity contribution in [2.45, 2.75) is 6.42 Å². The van der Waals surface area contributed by atoms with Crippen molar-refractivity contribution < 1.29 is 14.3 Å². The van der Waals surface area contributed by atoms with Crippen LogP contribution in [0.2, 0.25) is 10.0 Å². The molecular weight excluding hydrogens is 367 g/mol. The second-order valence-electron chi connectivity index (χ2n) is 5.43. The number of rotatable bonds is 6. The number of hydrogen-bond donors (Lipinski definition) is 2. The molecule has 136 valence electrons. The summed E-state index contributed by atoms with van der Waals surface area (Å²) in [5.41, 5.74) is 2.74. The number of carbonyl (C=O) groups is 2. The Kier molecular flexibility index (Phi) is 8.14. The van der Waals surface area contributed by atoms with Crippen molar-refractivity contribution >= 4 is 41.2 Å². The molecule has 1 heterocycles. The van der Waals surface area contributed by atoms with E-state index in [1.807, 2.05) is 0 Å². The van der Waals surface area contributed by atoms with Crippen LogP contribution in [-0.4, -0.2) is 62.3 Å². The van der Waals surface area contributed by atoms with Crippen molar-refractivity contribution in [3.63, 3.8) is 0 Å². The Morgan fingerprint density at radius 2 is 2.00 bits per heavy atom. The minimum atomic E-state index is -0.826. The molecule has 1 saturated heterocycles. The van der Waals surface area contributed by atoms with Crippen molar-refractivity contribution in [2.24, 2.45) is 5.10 Å². The van der Waals surface area contributed by atoms with Crippen molar-refractivity contribution in [3.8, 4) is 0 Å². The summed E-state index contributed by atoms with van der Waals surface area (Å²) in [4.78, 5) is 25.6. The topological polar surface area (TPSA) is 83.0 Å². The molecule has 0 radical (unpaired) electrons. The first-order chi connectivity index (χ1) is 12.1. The molecule has 2 rings (SSSR count). The molecule has 2 N–H and O–H groups in total. The predicted octanol–water partition coefficient (Wildman–Crippen LogP) is 1.28. The lowest BCUT2D eigenvalue weighted by molar-refractivity contribution is -0.139. The maximum absolute atomic E-state index is 11.7. The van der Waals surface area contributed by atoms with Gasteiger partial charge in [0.15, 0.2) is 0 Å². The number of nitrogens with one attached hydrogen (secondary N) is 2. The summed E-state index contributed by atoms with van der Waals surface area (Å²) in [6.45, 7) is 4.57. The molecule has 25 heavy (non-hydrogen) atoms. The van der Waals surface area contributed by atoms with Crippen LogP contribution in [0.4, 0.5) is 0 Å². The van der Waals surface area contributed by atoms with E-state index >= 15 is 0 Å². The second kappa shape index (κ2) is 10.4. The van der Waals surface area contributed by atoms with Gasteiger partial charge in [-0.2, -0.15) is 5.10 Å². The number of nitrogens with zero attached hydrogens (tertiary/aromatic N) is 2. The van der Waals surface area contributed by atoms with Gasteiger partial charge in [-0.25, -0.2) is 5.43 Å². The van der Waals surface area contributed by atoms with Gasteiger partial charge < -0.3 is 10.1 Å². The van der Waals surface area contributed by atoms with Crippen molar-refractivity contribution in [1.82, 2.24) is 15.6 Å². The Morgan fingerprint density at radius 3 is 2.72 bits per heavy atom. The summed E-state index contributed by atoms with van der Waals surface area (Å²) in [7, 11) is 0. The minimum Gasteiger partial charge on any atom is -0.379 e. The van der Waals surface area contributed by atoms with Gasteiger partial charge in [0.25, 0.3) is 0 Å². The van der Waals surface area contributed by atoms with Crippen molar-refractivity contribution in [1.29, 1.82) is 0 Å². The summed E-state index contributed by atoms with van der Waals surface area (Å²) in [6, 6.07) is 4.87. The fourth-order valence-corrected chi connectivity index (χ4v) is 2.68. The molecule has 0 aliphatic carbocycles. The number of carbonyl (C=O) groups excluding carboxylic acids is 2. The Morgan fingerprint density at radius 1 is 1.24 bits per heavy atom. The van der Waals surface area contributed by atoms with Crippen LogP contribution in [-0.2, 0) is 14.3 Å². The average molecular weight is 387 g/mol. The number of amides is 2. The summed E-state index contributed by atoms with van der Waals surface area (Å²) in [5, 5.41) is 7.19. The van der Waals surface area contributed by atoms with E-state index in [1.165, 1.54) is 6.21 Å². The van der Waals surface area contributed by atoms with E-state index in [0.29, 0.717) is 22.2 Å². The highest BCUT2D eigenvalue weighted by Crippen LogP contribution is 2.19. The van der Waals surface area contributed by atoms with Crippen LogP contribution in [0.1, 0.15) is 12.0 Å². The Bertz CT molecular complexity index is 634. The highest BCUT2D eigenvalue weighted by atomic mass is 35.5. The third-order valence-corrected chi connectivity index (χ3v) is 4.14. The normalized spacial score (nSPS) is 15.3. The molecule has 1 aliphatic heterocycles. The lowest BCUT2D eigenvalue weighted by Gasteiger charge is -2.26. The number of halogens is 2. The van der Waals surface area contributed by atoms with Gasteiger partial charge in [0.2, 0.25) is 0 Å². The highest BCUT2D eigenvalue weighted by Gasteiger charge is 2.13. The first-order valence-electron chi connectivity index (χ1n) is 7.92. The Hall–Kier alpha value is -1.67. The average Bonchev–Trinajstić information content (AvgIpc) is 2.61. The van der Waals surface area contributed by atoms with Gasteiger partial charge in [-0.3, -0.25) is 14.5 Å². The van der Waals surface area contributed by atoms with E-state index in [4.69, 9.17) is 27.9 Å². The zero-order valence-corrected chi connectivity index (χ0v) is 15.1. The van der Waals surface area contributed by atoms with Crippen LogP contribution >= 0.6 is 23.2 Å². The van der Waals surface area contributed by atoms with Crippen LogP contribution in [0.15, 0.2) is 23.3 Å². The first kappa shape index (κ1) is 19.7. The van der Waals surface area contributed by atoms with Gasteiger partial charge in [-0.05, 0) is 25.1 Å². The molecule has 9 heteroatoms. The molecule has 1 aromatic rings. The molecule has 1 aromatic carbocycles. The van der Waals surface area contributed by atoms with Crippen LogP contribution in [0, 0.1) is 0 Å². The Labute approximate surface area is 156 Å².